The monoisotopic (exact) mass is 281 g/mol. The number of ether oxygens (including phenoxy) is 2. The van der Waals surface area contributed by atoms with Crippen LogP contribution in [0.4, 0.5) is 8.78 Å². The van der Waals surface area contributed by atoms with Gasteiger partial charge in [-0.1, -0.05) is 15.9 Å². The Hall–Kier alpha value is -0.910. The van der Waals surface area contributed by atoms with Crippen molar-refractivity contribution in [2.75, 3.05) is 14.2 Å². The second-order valence-electron chi connectivity index (χ2n) is 2.66. The van der Waals surface area contributed by atoms with Crippen molar-refractivity contribution in [3.8, 4) is 11.5 Å². The molecule has 0 N–H and O–H groups in total. The highest BCUT2D eigenvalue weighted by atomic mass is 79.9. The SMILES string of the molecule is COc1c(C(F)F)cnc(CBr)c1OC. The van der Waals surface area contributed by atoms with Crippen LogP contribution in [-0.4, -0.2) is 19.2 Å². The van der Waals surface area contributed by atoms with Crippen molar-refractivity contribution in [3.63, 3.8) is 0 Å². The first-order valence-corrected chi connectivity index (χ1v) is 5.21. The maximum atomic E-state index is 12.6. The highest BCUT2D eigenvalue weighted by molar-refractivity contribution is 9.08. The minimum absolute atomic E-state index is 0.0388. The predicted octanol–water partition coefficient (Wildman–Crippen LogP) is 2.93. The van der Waals surface area contributed by atoms with Crippen molar-refractivity contribution in [2.24, 2.45) is 0 Å². The van der Waals surface area contributed by atoms with Crippen molar-refractivity contribution in [1.82, 2.24) is 4.98 Å². The molecular weight excluding hydrogens is 272 g/mol. The van der Waals surface area contributed by atoms with Crippen LogP contribution in [0.2, 0.25) is 0 Å². The average molecular weight is 282 g/mol. The highest BCUT2D eigenvalue weighted by Crippen LogP contribution is 2.38. The zero-order valence-electron chi connectivity index (χ0n) is 8.26. The molecule has 0 spiro atoms. The van der Waals surface area contributed by atoms with E-state index in [9.17, 15) is 8.78 Å². The number of halogens is 3. The summed E-state index contributed by atoms with van der Waals surface area (Å²) >= 11 is 3.19. The molecule has 0 fully saturated rings. The number of aromatic nitrogens is 1. The first-order chi connectivity index (χ1) is 7.15. The fourth-order valence-electron chi connectivity index (χ4n) is 1.20. The molecule has 0 unspecified atom stereocenters. The van der Waals surface area contributed by atoms with Gasteiger partial charge in [0.25, 0.3) is 6.43 Å². The predicted molar refractivity (Wildman–Crippen MR) is 54.9 cm³/mol. The summed E-state index contributed by atoms with van der Waals surface area (Å²) in [6, 6.07) is 0. The minimum atomic E-state index is -2.63. The number of pyridine rings is 1. The van der Waals surface area contributed by atoms with Crippen LogP contribution in [0.1, 0.15) is 17.7 Å². The second kappa shape index (κ2) is 5.25. The van der Waals surface area contributed by atoms with Crippen molar-refractivity contribution >= 4 is 15.9 Å². The van der Waals surface area contributed by atoms with E-state index >= 15 is 0 Å². The zero-order chi connectivity index (χ0) is 11.4. The van der Waals surface area contributed by atoms with E-state index in [2.05, 4.69) is 20.9 Å². The summed E-state index contributed by atoms with van der Waals surface area (Å²) < 4.78 is 35.1. The van der Waals surface area contributed by atoms with Crippen LogP contribution < -0.4 is 9.47 Å². The summed E-state index contributed by atoms with van der Waals surface area (Å²) in [5.41, 5.74) is 0.262. The van der Waals surface area contributed by atoms with Crippen LogP contribution in [0.15, 0.2) is 6.20 Å². The maximum absolute atomic E-state index is 12.6. The molecule has 1 heterocycles. The molecule has 0 radical (unpaired) electrons. The van der Waals surface area contributed by atoms with Gasteiger partial charge in [0, 0.05) is 11.5 Å². The molecule has 0 aliphatic carbocycles. The van der Waals surface area contributed by atoms with Gasteiger partial charge >= 0.3 is 0 Å². The molecule has 15 heavy (non-hydrogen) atoms. The van der Waals surface area contributed by atoms with Crippen molar-refractivity contribution in [2.45, 2.75) is 11.8 Å². The number of hydrogen-bond donors (Lipinski definition) is 0. The summed E-state index contributed by atoms with van der Waals surface area (Å²) in [6.07, 6.45) is -1.53. The minimum Gasteiger partial charge on any atom is -0.492 e. The highest BCUT2D eigenvalue weighted by Gasteiger charge is 2.21. The summed E-state index contributed by atoms with van der Waals surface area (Å²) in [5, 5.41) is 0.413. The number of rotatable bonds is 4. The van der Waals surface area contributed by atoms with Crippen molar-refractivity contribution in [3.05, 3.63) is 17.5 Å². The molecule has 1 aromatic heterocycles. The third-order valence-electron chi connectivity index (χ3n) is 1.86. The molecule has 6 heteroatoms. The van der Waals surface area contributed by atoms with E-state index in [1.165, 1.54) is 14.2 Å². The first-order valence-electron chi connectivity index (χ1n) is 4.09. The van der Waals surface area contributed by atoms with Crippen LogP contribution in [-0.2, 0) is 5.33 Å². The van der Waals surface area contributed by atoms with Crippen molar-refractivity contribution in [1.29, 1.82) is 0 Å². The third kappa shape index (κ3) is 2.37. The van der Waals surface area contributed by atoms with Gasteiger partial charge in [-0.25, -0.2) is 8.78 Å². The van der Waals surface area contributed by atoms with Crippen LogP contribution >= 0.6 is 15.9 Å². The molecular formula is C9H10BrF2NO2. The Labute approximate surface area is 94.5 Å². The molecule has 0 amide bonds. The fraction of sp³-hybridized carbons (Fsp3) is 0.444. The molecule has 1 aromatic rings. The van der Waals surface area contributed by atoms with Gasteiger partial charge in [-0.3, -0.25) is 4.98 Å². The van der Waals surface area contributed by atoms with E-state index < -0.39 is 6.43 Å². The lowest BCUT2D eigenvalue weighted by Crippen LogP contribution is -2.01. The Morgan fingerprint density at radius 2 is 1.93 bits per heavy atom. The molecule has 3 nitrogen and oxygen atoms in total. The molecule has 0 atom stereocenters. The lowest BCUT2D eigenvalue weighted by molar-refractivity contribution is 0.145. The molecule has 1 rings (SSSR count). The molecule has 0 saturated heterocycles. The Bertz CT molecular complexity index is 347. The maximum Gasteiger partial charge on any atom is 0.269 e. The first kappa shape index (κ1) is 12.2. The number of hydrogen-bond acceptors (Lipinski definition) is 3. The molecule has 0 aliphatic heterocycles. The number of nitrogens with zero attached hydrogens (tertiary/aromatic N) is 1. The smallest absolute Gasteiger partial charge is 0.269 e. The van der Waals surface area contributed by atoms with E-state index in [0.29, 0.717) is 11.0 Å². The Balaban J connectivity index is 3.34. The van der Waals surface area contributed by atoms with Gasteiger partial charge in [-0.05, 0) is 0 Å². The van der Waals surface area contributed by atoms with Gasteiger partial charge in [0.1, 0.15) is 0 Å². The van der Waals surface area contributed by atoms with E-state index in [4.69, 9.17) is 9.47 Å². The normalized spacial score (nSPS) is 10.5. The van der Waals surface area contributed by atoms with Gasteiger partial charge in [0.2, 0.25) is 0 Å². The number of methoxy groups -OCH3 is 2. The third-order valence-corrected chi connectivity index (χ3v) is 2.39. The molecule has 0 saturated carbocycles. The summed E-state index contributed by atoms with van der Waals surface area (Å²) in [5.74, 6) is 0.282. The standard InChI is InChI=1S/C9H10BrF2NO2/c1-14-7-5(9(11)12)4-13-6(3-10)8(7)15-2/h4,9H,3H2,1-2H3. The summed E-state index contributed by atoms with van der Waals surface area (Å²) in [7, 11) is 2.71. The Kier molecular flexibility index (Phi) is 4.26. The molecule has 0 aromatic carbocycles. The van der Waals surface area contributed by atoms with Crippen molar-refractivity contribution < 1.29 is 18.3 Å². The van der Waals surface area contributed by atoms with Gasteiger partial charge < -0.3 is 9.47 Å². The quantitative estimate of drug-likeness (QED) is 0.796. The molecule has 0 bridgehead atoms. The largest absolute Gasteiger partial charge is 0.492 e. The van der Waals surface area contributed by atoms with E-state index in [1.807, 2.05) is 0 Å². The molecule has 0 aliphatic rings. The number of alkyl halides is 3. The van der Waals surface area contributed by atoms with Gasteiger partial charge in [-0.15, -0.1) is 0 Å². The Morgan fingerprint density at radius 1 is 1.33 bits per heavy atom. The van der Waals surface area contributed by atoms with E-state index in [0.717, 1.165) is 6.20 Å². The van der Waals surface area contributed by atoms with E-state index in [-0.39, 0.29) is 17.1 Å². The lowest BCUT2D eigenvalue weighted by atomic mass is 10.2. The molecule has 84 valence electrons. The average Bonchev–Trinajstić information content (AvgIpc) is 2.26. The van der Waals surface area contributed by atoms with Crippen LogP contribution in [0.5, 0.6) is 11.5 Å². The van der Waals surface area contributed by atoms with Crippen LogP contribution in [0, 0.1) is 0 Å². The Morgan fingerprint density at radius 3 is 2.33 bits per heavy atom. The van der Waals surface area contributed by atoms with Gasteiger partial charge in [0.05, 0.1) is 25.5 Å². The van der Waals surface area contributed by atoms with Gasteiger partial charge in [0.15, 0.2) is 11.5 Å². The van der Waals surface area contributed by atoms with Crippen LogP contribution in [0.3, 0.4) is 0 Å². The topological polar surface area (TPSA) is 31.4 Å². The summed E-state index contributed by atoms with van der Waals surface area (Å²) in [6.45, 7) is 0. The zero-order valence-corrected chi connectivity index (χ0v) is 9.85. The lowest BCUT2D eigenvalue weighted by Gasteiger charge is -2.14. The van der Waals surface area contributed by atoms with Crippen LogP contribution in [0.25, 0.3) is 0 Å². The van der Waals surface area contributed by atoms with Gasteiger partial charge in [-0.2, -0.15) is 0 Å². The summed E-state index contributed by atoms with van der Waals surface area (Å²) in [4.78, 5) is 3.87. The van der Waals surface area contributed by atoms with E-state index in [1.54, 1.807) is 0 Å². The fourth-order valence-corrected chi connectivity index (χ4v) is 1.60. The second-order valence-corrected chi connectivity index (χ2v) is 3.22.